The van der Waals surface area contributed by atoms with Crippen LogP contribution in [0.15, 0.2) is 30.5 Å². The fraction of sp³-hybridized carbons (Fsp3) is 0.500. The lowest BCUT2D eigenvalue weighted by molar-refractivity contribution is 0.282. The average molecular weight is 258 g/mol. The molecule has 3 heteroatoms. The molecule has 0 unspecified atom stereocenters. The van der Waals surface area contributed by atoms with Gasteiger partial charge >= 0.3 is 0 Å². The number of aromatic nitrogens is 1. The van der Waals surface area contributed by atoms with E-state index in [1.54, 1.807) is 0 Å². The normalized spacial score (nSPS) is 16.5. The summed E-state index contributed by atoms with van der Waals surface area (Å²) in [6.07, 6.45) is 6.12. The topological polar surface area (TPSA) is 28.4 Å². The zero-order chi connectivity index (χ0) is 13.1. The van der Waals surface area contributed by atoms with E-state index in [1.807, 2.05) is 6.07 Å². The van der Waals surface area contributed by atoms with Gasteiger partial charge in [-0.3, -0.25) is 0 Å². The van der Waals surface area contributed by atoms with Gasteiger partial charge in [0.05, 0.1) is 6.61 Å². The Hall–Kier alpha value is -1.32. The first kappa shape index (κ1) is 12.7. The molecule has 0 amide bonds. The van der Waals surface area contributed by atoms with Crippen molar-refractivity contribution in [1.82, 2.24) is 9.47 Å². The predicted octanol–water partition coefficient (Wildman–Crippen LogP) is 2.62. The zero-order valence-corrected chi connectivity index (χ0v) is 11.4. The van der Waals surface area contributed by atoms with E-state index in [-0.39, 0.29) is 6.61 Å². The maximum atomic E-state index is 9.15. The number of likely N-dealkylation sites (tertiary alicyclic amines) is 1. The minimum absolute atomic E-state index is 0.121. The maximum Gasteiger partial charge on any atom is 0.0682 e. The Labute approximate surface area is 114 Å². The summed E-state index contributed by atoms with van der Waals surface area (Å²) in [4.78, 5) is 2.57. The third kappa shape index (κ3) is 2.82. The van der Waals surface area contributed by atoms with Crippen molar-refractivity contribution in [3.63, 3.8) is 0 Å². The Balaban J connectivity index is 1.64. The maximum absolute atomic E-state index is 9.15. The molecule has 1 aromatic heterocycles. The van der Waals surface area contributed by atoms with Crippen LogP contribution in [0.1, 0.15) is 24.8 Å². The Morgan fingerprint density at radius 1 is 1.05 bits per heavy atom. The van der Waals surface area contributed by atoms with Gasteiger partial charge in [0.1, 0.15) is 0 Å². The summed E-state index contributed by atoms with van der Waals surface area (Å²) in [6.45, 7) is 4.99. The fourth-order valence-corrected chi connectivity index (χ4v) is 3.01. The first-order chi connectivity index (χ1) is 9.36. The summed E-state index contributed by atoms with van der Waals surface area (Å²) in [5, 5.41) is 10.4. The molecule has 2 aromatic rings. The molecule has 102 valence electrons. The molecule has 0 bridgehead atoms. The molecule has 0 radical (unpaired) electrons. The van der Waals surface area contributed by atoms with Crippen LogP contribution in [0.25, 0.3) is 10.9 Å². The molecule has 1 aliphatic rings. The fourth-order valence-electron chi connectivity index (χ4n) is 3.01. The molecular formula is C16H22N2O. The van der Waals surface area contributed by atoms with Crippen molar-refractivity contribution in [2.45, 2.75) is 32.4 Å². The number of nitrogens with zero attached hydrogens (tertiary/aromatic N) is 2. The van der Waals surface area contributed by atoms with Crippen molar-refractivity contribution in [3.05, 3.63) is 36.0 Å². The second-order valence-electron chi connectivity index (χ2n) is 5.46. The average Bonchev–Trinajstić information content (AvgIpc) is 3.08. The summed E-state index contributed by atoms with van der Waals surface area (Å²) in [5.74, 6) is 0. The van der Waals surface area contributed by atoms with Gasteiger partial charge in [0.25, 0.3) is 0 Å². The van der Waals surface area contributed by atoms with Gasteiger partial charge in [-0.15, -0.1) is 0 Å². The molecule has 3 nitrogen and oxygen atoms in total. The smallest absolute Gasteiger partial charge is 0.0682 e. The predicted molar refractivity (Wildman–Crippen MR) is 78.2 cm³/mol. The van der Waals surface area contributed by atoms with E-state index in [2.05, 4.69) is 33.9 Å². The molecule has 19 heavy (non-hydrogen) atoms. The van der Waals surface area contributed by atoms with Crippen molar-refractivity contribution in [2.24, 2.45) is 0 Å². The molecular weight excluding hydrogens is 236 g/mol. The van der Waals surface area contributed by atoms with Crippen molar-refractivity contribution in [2.75, 3.05) is 19.6 Å². The third-order valence-electron chi connectivity index (χ3n) is 4.09. The number of fused-ring (bicyclic) bond motifs is 1. The van der Waals surface area contributed by atoms with Crippen LogP contribution < -0.4 is 0 Å². The van der Waals surface area contributed by atoms with E-state index >= 15 is 0 Å². The largest absolute Gasteiger partial charge is 0.392 e. The van der Waals surface area contributed by atoms with E-state index in [1.165, 1.54) is 49.8 Å². The molecule has 1 N–H and O–H groups in total. The number of hydrogen-bond donors (Lipinski definition) is 1. The summed E-state index contributed by atoms with van der Waals surface area (Å²) >= 11 is 0. The summed E-state index contributed by atoms with van der Waals surface area (Å²) in [6, 6.07) is 8.35. The molecule has 1 saturated heterocycles. The Morgan fingerprint density at radius 3 is 2.68 bits per heavy atom. The van der Waals surface area contributed by atoms with Gasteiger partial charge in [0.2, 0.25) is 0 Å². The van der Waals surface area contributed by atoms with E-state index in [0.29, 0.717) is 0 Å². The van der Waals surface area contributed by atoms with Crippen molar-refractivity contribution >= 4 is 10.9 Å². The summed E-state index contributed by atoms with van der Waals surface area (Å²) < 4.78 is 2.33. The first-order valence-corrected chi connectivity index (χ1v) is 7.28. The van der Waals surface area contributed by atoms with Crippen LogP contribution in [0.4, 0.5) is 0 Å². The van der Waals surface area contributed by atoms with Crippen LogP contribution >= 0.6 is 0 Å². The number of aryl methyl sites for hydroxylation is 1. The van der Waals surface area contributed by atoms with Gasteiger partial charge in [-0.2, -0.15) is 0 Å². The van der Waals surface area contributed by atoms with E-state index in [0.717, 1.165) is 12.1 Å². The van der Waals surface area contributed by atoms with Gasteiger partial charge in [-0.05, 0) is 68.0 Å². The minimum atomic E-state index is 0.121. The number of aliphatic hydroxyl groups is 1. The summed E-state index contributed by atoms with van der Waals surface area (Å²) in [7, 11) is 0. The molecule has 0 atom stereocenters. The Morgan fingerprint density at radius 2 is 1.89 bits per heavy atom. The minimum Gasteiger partial charge on any atom is -0.392 e. The van der Waals surface area contributed by atoms with Gasteiger partial charge < -0.3 is 14.6 Å². The highest BCUT2D eigenvalue weighted by Crippen LogP contribution is 2.18. The van der Waals surface area contributed by atoms with Crippen molar-refractivity contribution < 1.29 is 5.11 Å². The standard InChI is InChI=1S/C16H22N2O/c19-13-14-4-5-16-15(12-14)6-11-18(16)10-3-9-17-7-1-2-8-17/h4-6,11-12,19H,1-3,7-10,13H2. The number of aliphatic hydroxyl groups excluding tert-OH is 1. The highest BCUT2D eigenvalue weighted by Gasteiger charge is 2.10. The summed E-state index contributed by atoms with van der Waals surface area (Å²) in [5.41, 5.74) is 2.26. The van der Waals surface area contributed by atoms with Crippen LogP contribution in [0.5, 0.6) is 0 Å². The van der Waals surface area contributed by atoms with E-state index in [4.69, 9.17) is 5.11 Å². The molecule has 1 aromatic carbocycles. The third-order valence-corrected chi connectivity index (χ3v) is 4.09. The lowest BCUT2D eigenvalue weighted by Crippen LogP contribution is -2.21. The van der Waals surface area contributed by atoms with Crippen LogP contribution in [0.3, 0.4) is 0 Å². The van der Waals surface area contributed by atoms with Gasteiger partial charge in [0, 0.05) is 18.3 Å². The quantitative estimate of drug-likeness (QED) is 0.893. The second kappa shape index (κ2) is 5.76. The molecule has 0 spiro atoms. The molecule has 0 saturated carbocycles. The SMILES string of the molecule is OCc1ccc2c(ccn2CCCN2CCCC2)c1. The van der Waals surface area contributed by atoms with E-state index < -0.39 is 0 Å². The number of rotatable bonds is 5. The molecule has 1 aliphatic heterocycles. The van der Waals surface area contributed by atoms with Crippen molar-refractivity contribution in [1.29, 1.82) is 0 Å². The Kier molecular flexibility index (Phi) is 3.85. The lowest BCUT2D eigenvalue weighted by atomic mass is 10.2. The van der Waals surface area contributed by atoms with Gasteiger partial charge in [-0.1, -0.05) is 6.07 Å². The highest BCUT2D eigenvalue weighted by atomic mass is 16.3. The van der Waals surface area contributed by atoms with Crippen LogP contribution in [0, 0.1) is 0 Å². The first-order valence-electron chi connectivity index (χ1n) is 7.28. The van der Waals surface area contributed by atoms with Crippen LogP contribution in [-0.4, -0.2) is 34.2 Å². The van der Waals surface area contributed by atoms with Crippen LogP contribution in [0.2, 0.25) is 0 Å². The van der Waals surface area contributed by atoms with Gasteiger partial charge in [-0.25, -0.2) is 0 Å². The Bertz CT molecular complexity index is 541. The van der Waals surface area contributed by atoms with Gasteiger partial charge in [0.15, 0.2) is 0 Å². The lowest BCUT2D eigenvalue weighted by Gasteiger charge is -2.14. The molecule has 2 heterocycles. The van der Waals surface area contributed by atoms with Crippen LogP contribution in [-0.2, 0) is 13.2 Å². The molecule has 0 aliphatic carbocycles. The highest BCUT2D eigenvalue weighted by molar-refractivity contribution is 5.80. The molecule has 1 fully saturated rings. The van der Waals surface area contributed by atoms with E-state index in [9.17, 15) is 0 Å². The number of hydrogen-bond acceptors (Lipinski definition) is 2. The number of benzene rings is 1. The van der Waals surface area contributed by atoms with Crippen molar-refractivity contribution in [3.8, 4) is 0 Å². The molecule has 3 rings (SSSR count). The zero-order valence-electron chi connectivity index (χ0n) is 11.4. The second-order valence-corrected chi connectivity index (χ2v) is 5.46. The monoisotopic (exact) mass is 258 g/mol.